The Morgan fingerprint density at radius 2 is 1.82 bits per heavy atom. The van der Waals surface area contributed by atoms with E-state index in [2.05, 4.69) is 12.2 Å². The molecule has 2 aromatic rings. The van der Waals surface area contributed by atoms with Crippen molar-refractivity contribution in [2.24, 2.45) is 11.1 Å². The van der Waals surface area contributed by atoms with Gasteiger partial charge < -0.3 is 16.0 Å². The number of carbonyl (C=O) groups excluding carboxylic acids is 2. The van der Waals surface area contributed by atoms with Crippen molar-refractivity contribution in [1.82, 2.24) is 10.2 Å². The fraction of sp³-hybridized carbons (Fsp3) is 0.391. The van der Waals surface area contributed by atoms with Crippen molar-refractivity contribution in [3.8, 4) is 0 Å². The first-order chi connectivity index (χ1) is 13.4. The van der Waals surface area contributed by atoms with E-state index in [9.17, 15) is 9.59 Å². The Morgan fingerprint density at radius 1 is 1.14 bits per heavy atom. The van der Waals surface area contributed by atoms with Gasteiger partial charge in [0.2, 0.25) is 5.91 Å². The first kappa shape index (κ1) is 20.1. The van der Waals surface area contributed by atoms with E-state index < -0.39 is 0 Å². The number of hydrogen-bond donors (Lipinski definition) is 2. The number of aryl methyl sites for hydroxylation is 1. The molecule has 1 saturated heterocycles. The molecule has 28 heavy (non-hydrogen) atoms. The highest BCUT2D eigenvalue weighted by Gasteiger charge is 2.35. The molecule has 0 spiro atoms. The molecule has 3 N–H and O–H groups in total. The lowest BCUT2D eigenvalue weighted by Gasteiger charge is -2.25. The van der Waals surface area contributed by atoms with Gasteiger partial charge in [-0.25, -0.2) is 0 Å². The molecule has 2 amide bonds. The average molecular weight is 380 g/mol. The molecule has 2 aromatic carbocycles. The summed E-state index contributed by atoms with van der Waals surface area (Å²) in [6, 6.07) is 16.7. The molecule has 2 atom stereocenters. The summed E-state index contributed by atoms with van der Waals surface area (Å²) < 4.78 is 0. The third kappa shape index (κ3) is 4.78. The van der Waals surface area contributed by atoms with E-state index >= 15 is 0 Å². The van der Waals surface area contributed by atoms with Crippen molar-refractivity contribution < 1.29 is 9.59 Å². The van der Waals surface area contributed by atoms with E-state index in [1.807, 2.05) is 66.4 Å². The Balaban J connectivity index is 1.73. The van der Waals surface area contributed by atoms with Crippen LogP contribution >= 0.6 is 0 Å². The number of benzene rings is 2. The number of nitrogens with one attached hydrogen (secondary N) is 1. The number of nitrogens with zero attached hydrogens (tertiary/aromatic N) is 1. The number of amides is 2. The summed E-state index contributed by atoms with van der Waals surface area (Å²) in [6.45, 7) is 6.07. The van der Waals surface area contributed by atoms with Gasteiger partial charge in [-0.1, -0.05) is 55.0 Å². The molecule has 148 valence electrons. The SMILES string of the molecule is Cc1ccc(C(=O)NC(CC(=O)N2CCC(C)(CN)C2)c2ccccc2)cc1. The average Bonchev–Trinajstić information content (AvgIpc) is 3.11. The maximum Gasteiger partial charge on any atom is 0.251 e. The van der Waals surface area contributed by atoms with E-state index in [1.165, 1.54) is 0 Å². The molecule has 1 aliphatic heterocycles. The van der Waals surface area contributed by atoms with Crippen LogP contribution in [-0.2, 0) is 4.79 Å². The van der Waals surface area contributed by atoms with Crippen LogP contribution in [0.5, 0.6) is 0 Å². The first-order valence-electron chi connectivity index (χ1n) is 9.80. The lowest BCUT2D eigenvalue weighted by atomic mass is 9.90. The van der Waals surface area contributed by atoms with Crippen molar-refractivity contribution in [3.63, 3.8) is 0 Å². The van der Waals surface area contributed by atoms with Crippen molar-refractivity contribution in [3.05, 3.63) is 71.3 Å². The lowest BCUT2D eigenvalue weighted by Crippen LogP contribution is -2.37. The van der Waals surface area contributed by atoms with Crippen LogP contribution in [0.3, 0.4) is 0 Å². The van der Waals surface area contributed by atoms with Crippen LogP contribution in [0.4, 0.5) is 0 Å². The van der Waals surface area contributed by atoms with Crippen LogP contribution in [0.2, 0.25) is 0 Å². The van der Waals surface area contributed by atoms with Gasteiger partial charge in [0.1, 0.15) is 0 Å². The first-order valence-corrected chi connectivity index (χ1v) is 9.80. The third-order valence-corrected chi connectivity index (χ3v) is 5.60. The van der Waals surface area contributed by atoms with E-state index in [1.54, 1.807) is 0 Å². The molecule has 2 unspecified atom stereocenters. The number of hydrogen-bond acceptors (Lipinski definition) is 3. The standard InChI is InChI=1S/C23H29N3O2/c1-17-8-10-19(11-9-17)22(28)25-20(18-6-4-3-5-7-18)14-21(27)26-13-12-23(2,15-24)16-26/h3-11,20H,12-16,24H2,1-2H3,(H,25,28). The minimum Gasteiger partial charge on any atom is -0.345 e. The van der Waals surface area contributed by atoms with E-state index in [4.69, 9.17) is 5.73 Å². The second-order valence-corrected chi connectivity index (χ2v) is 8.09. The summed E-state index contributed by atoms with van der Waals surface area (Å²) in [6.07, 6.45) is 1.16. The van der Waals surface area contributed by atoms with Crippen LogP contribution in [0, 0.1) is 12.3 Å². The molecule has 0 aromatic heterocycles. The molecule has 1 heterocycles. The number of likely N-dealkylation sites (tertiary alicyclic amines) is 1. The van der Waals surface area contributed by atoms with Crippen LogP contribution in [-0.4, -0.2) is 36.3 Å². The highest BCUT2D eigenvalue weighted by atomic mass is 16.2. The molecule has 1 aliphatic rings. The third-order valence-electron chi connectivity index (χ3n) is 5.60. The van der Waals surface area contributed by atoms with Crippen molar-refractivity contribution in [2.75, 3.05) is 19.6 Å². The van der Waals surface area contributed by atoms with Crippen molar-refractivity contribution >= 4 is 11.8 Å². The second kappa shape index (κ2) is 8.57. The van der Waals surface area contributed by atoms with Crippen LogP contribution in [0.1, 0.15) is 47.3 Å². The smallest absolute Gasteiger partial charge is 0.251 e. The summed E-state index contributed by atoms with van der Waals surface area (Å²) >= 11 is 0. The van der Waals surface area contributed by atoms with Crippen molar-refractivity contribution in [2.45, 2.75) is 32.7 Å². The molecule has 1 fully saturated rings. The predicted octanol–water partition coefficient (Wildman–Crippen LogP) is 3.05. The Kier molecular flexibility index (Phi) is 6.15. The number of rotatable bonds is 6. The zero-order valence-corrected chi connectivity index (χ0v) is 16.7. The quantitative estimate of drug-likeness (QED) is 0.810. The minimum atomic E-state index is -0.368. The second-order valence-electron chi connectivity index (χ2n) is 8.09. The van der Waals surface area contributed by atoms with E-state index in [0.29, 0.717) is 18.7 Å². The number of nitrogens with two attached hydrogens (primary N) is 1. The van der Waals surface area contributed by atoms with E-state index in [-0.39, 0.29) is 29.7 Å². The molecule has 3 rings (SSSR count). The zero-order chi connectivity index (χ0) is 20.1. The van der Waals surface area contributed by atoms with Crippen LogP contribution in [0.15, 0.2) is 54.6 Å². The summed E-state index contributed by atoms with van der Waals surface area (Å²) in [5.74, 6) is -0.120. The monoisotopic (exact) mass is 379 g/mol. The fourth-order valence-electron chi connectivity index (χ4n) is 3.59. The topological polar surface area (TPSA) is 75.4 Å². The van der Waals surface area contributed by atoms with Gasteiger partial charge in [0.15, 0.2) is 0 Å². The molecular weight excluding hydrogens is 350 g/mol. The Bertz CT molecular complexity index is 820. The van der Waals surface area contributed by atoms with Crippen molar-refractivity contribution in [1.29, 1.82) is 0 Å². The normalized spacial score (nSPS) is 20.0. The number of carbonyl (C=O) groups is 2. The molecule has 5 heteroatoms. The highest BCUT2D eigenvalue weighted by molar-refractivity contribution is 5.94. The predicted molar refractivity (Wildman–Crippen MR) is 111 cm³/mol. The van der Waals surface area contributed by atoms with E-state index in [0.717, 1.165) is 24.1 Å². The molecule has 0 aliphatic carbocycles. The summed E-state index contributed by atoms with van der Waals surface area (Å²) in [7, 11) is 0. The van der Waals surface area contributed by atoms with Gasteiger partial charge in [0.05, 0.1) is 12.5 Å². The fourth-order valence-corrected chi connectivity index (χ4v) is 3.59. The van der Waals surface area contributed by atoms with Gasteiger partial charge in [-0.2, -0.15) is 0 Å². The van der Waals surface area contributed by atoms with Gasteiger partial charge in [-0.3, -0.25) is 9.59 Å². The lowest BCUT2D eigenvalue weighted by molar-refractivity contribution is -0.131. The largest absolute Gasteiger partial charge is 0.345 e. The summed E-state index contributed by atoms with van der Waals surface area (Å²) in [5.41, 5.74) is 8.48. The van der Waals surface area contributed by atoms with Crippen LogP contribution < -0.4 is 11.1 Å². The maximum absolute atomic E-state index is 12.9. The minimum absolute atomic E-state index is 0.0109. The Hall–Kier alpha value is -2.66. The highest BCUT2D eigenvalue weighted by Crippen LogP contribution is 2.30. The molecule has 5 nitrogen and oxygen atoms in total. The van der Waals surface area contributed by atoms with Crippen LogP contribution in [0.25, 0.3) is 0 Å². The van der Waals surface area contributed by atoms with Gasteiger partial charge in [0, 0.05) is 18.7 Å². The molecule has 0 radical (unpaired) electrons. The van der Waals surface area contributed by atoms with Gasteiger partial charge in [-0.05, 0) is 43.0 Å². The molecule has 0 bridgehead atoms. The van der Waals surface area contributed by atoms with Gasteiger partial charge in [0.25, 0.3) is 5.91 Å². The Labute approximate surface area is 166 Å². The van der Waals surface area contributed by atoms with Gasteiger partial charge in [-0.15, -0.1) is 0 Å². The summed E-state index contributed by atoms with van der Waals surface area (Å²) in [4.78, 5) is 27.5. The Morgan fingerprint density at radius 3 is 2.43 bits per heavy atom. The van der Waals surface area contributed by atoms with Gasteiger partial charge >= 0.3 is 0 Å². The maximum atomic E-state index is 12.9. The molecular formula is C23H29N3O2. The molecule has 0 saturated carbocycles. The zero-order valence-electron chi connectivity index (χ0n) is 16.7. The summed E-state index contributed by atoms with van der Waals surface area (Å²) in [5, 5.41) is 3.05.